The maximum atomic E-state index is 4.38. The molecule has 0 aliphatic rings. The summed E-state index contributed by atoms with van der Waals surface area (Å²) in [5.41, 5.74) is 1.42. The summed E-state index contributed by atoms with van der Waals surface area (Å²) in [6.45, 7) is 9.59. The quantitative estimate of drug-likeness (QED) is 0.786. The van der Waals surface area contributed by atoms with Gasteiger partial charge in [-0.2, -0.15) is 0 Å². The molecule has 1 N–H and O–H groups in total. The summed E-state index contributed by atoms with van der Waals surface area (Å²) < 4.78 is 2.25. The van der Waals surface area contributed by atoms with Crippen molar-refractivity contribution in [2.75, 3.05) is 6.54 Å². The van der Waals surface area contributed by atoms with Crippen LogP contribution >= 0.6 is 11.3 Å². The Bertz CT molecular complexity index is 513. The number of aromatic nitrogens is 2. The summed E-state index contributed by atoms with van der Waals surface area (Å²) in [7, 11) is 0. The molecule has 2 heterocycles. The molecule has 19 heavy (non-hydrogen) atoms. The molecule has 0 saturated heterocycles. The fraction of sp³-hybridized carbons (Fsp3) is 0.533. The highest BCUT2D eigenvalue weighted by molar-refractivity contribution is 7.12. The summed E-state index contributed by atoms with van der Waals surface area (Å²) in [5.74, 6) is 1.16. The molecule has 0 bridgehead atoms. The lowest BCUT2D eigenvalue weighted by molar-refractivity contribution is 0.680. The zero-order valence-corrected chi connectivity index (χ0v) is 12.9. The van der Waals surface area contributed by atoms with Crippen LogP contribution < -0.4 is 5.32 Å². The van der Waals surface area contributed by atoms with Crippen LogP contribution in [0, 0.1) is 6.92 Å². The molecule has 0 aliphatic heterocycles. The summed E-state index contributed by atoms with van der Waals surface area (Å²) >= 11 is 1.90. The number of imidazole rings is 1. The first-order valence-corrected chi connectivity index (χ1v) is 7.85. The second-order valence-electron chi connectivity index (χ2n) is 4.80. The fourth-order valence-corrected chi connectivity index (χ4v) is 3.23. The SMILES string of the molecule is CCCNCc1cc(Cn2ccnc2CC)c(C)s1. The van der Waals surface area contributed by atoms with E-state index in [4.69, 9.17) is 0 Å². The van der Waals surface area contributed by atoms with Gasteiger partial charge in [-0.1, -0.05) is 13.8 Å². The van der Waals surface area contributed by atoms with Crippen LogP contribution in [0.25, 0.3) is 0 Å². The molecular weight excluding hydrogens is 254 g/mol. The van der Waals surface area contributed by atoms with Crippen molar-refractivity contribution in [1.82, 2.24) is 14.9 Å². The monoisotopic (exact) mass is 277 g/mol. The van der Waals surface area contributed by atoms with Gasteiger partial charge >= 0.3 is 0 Å². The number of aryl methyl sites for hydroxylation is 2. The van der Waals surface area contributed by atoms with Crippen LogP contribution in [0.5, 0.6) is 0 Å². The summed E-state index contributed by atoms with van der Waals surface area (Å²) in [6.07, 6.45) is 6.14. The van der Waals surface area contributed by atoms with E-state index in [1.165, 1.54) is 21.7 Å². The second kappa shape index (κ2) is 6.87. The van der Waals surface area contributed by atoms with Gasteiger partial charge in [-0.25, -0.2) is 4.98 Å². The van der Waals surface area contributed by atoms with Crippen molar-refractivity contribution in [3.63, 3.8) is 0 Å². The lowest BCUT2D eigenvalue weighted by atomic mass is 10.2. The third-order valence-electron chi connectivity index (χ3n) is 3.26. The minimum absolute atomic E-state index is 0.944. The number of hydrogen-bond donors (Lipinski definition) is 1. The number of nitrogens with one attached hydrogen (secondary N) is 1. The van der Waals surface area contributed by atoms with Gasteiger partial charge in [-0.05, 0) is 31.5 Å². The van der Waals surface area contributed by atoms with Crippen molar-refractivity contribution in [2.45, 2.75) is 46.7 Å². The Labute approximate surface area is 119 Å². The molecule has 0 fully saturated rings. The van der Waals surface area contributed by atoms with Crippen LogP contribution in [-0.4, -0.2) is 16.1 Å². The molecule has 0 radical (unpaired) electrons. The van der Waals surface area contributed by atoms with Crippen LogP contribution in [-0.2, 0) is 19.5 Å². The third-order valence-corrected chi connectivity index (χ3v) is 4.35. The second-order valence-corrected chi connectivity index (χ2v) is 6.14. The molecule has 0 unspecified atom stereocenters. The molecule has 0 amide bonds. The van der Waals surface area contributed by atoms with Crippen LogP contribution in [0.3, 0.4) is 0 Å². The highest BCUT2D eigenvalue weighted by atomic mass is 32.1. The molecule has 104 valence electrons. The standard InChI is InChI=1S/C15H23N3S/c1-4-6-16-10-14-9-13(12(3)19-14)11-18-8-7-17-15(18)5-2/h7-9,16H,4-6,10-11H2,1-3H3. The highest BCUT2D eigenvalue weighted by Gasteiger charge is 2.08. The average molecular weight is 277 g/mol. The summed E-state index contributed by atoms with van der Waals surface area (Å²) in [6, 6.07) is 2.34. The maximum Gasteiger partial charge on any atom is 0.108 e. The predicted octanol–water partition coefficient (Wildman–Crippen LogP) is 3.36. The van der Waals surface area contributed by atoms with E-state index in [-0.39, 0.29) is 0 Å². The first-order valence-electron chi connectivity index (χ1n) is 7.03. The van der Waals surface area contributed by atoms with Gasteiger partial charge in [0.1, 0.15) is 5.82 Å². The van der Waals surface area contributed by atoms with Gasteiger partial charge < -0.3 is 9.88 Å². The normalized spacial score (nSPS) is 11.1. The zero-order valence-electron chi connectivity index (χ0n) is 12.1. The number of nitrogens with zero attached hydrogens (tertiary/aromatic N) is 2. The predicted molar refractivity (Wildman–Crippen MR) is 81.8 cm³/mol. The first kappa shape index (κ1) is 14.3. The first-order chi connectivity index (χ1) is 9.24. The smallest absolute Gasteiger partial charge is 0.108 e. The van der Waals surface area contributed by atoms with E-state index in [1.54, 1.807) is 0 Å². The minimum Gasteiger partial charge on any atom is -0.330 e. The lowest BCUT2D eigenvalue weighted by Gasteiger charge is -2.05. The van der Waals surface area contributed by atoms with Crippen LogP contribution in [0.1, 0.15) is 41.4 Å². The van der Waals surface area contributed by atoms with E-state index in [0.717, 1.165) is 31.9 Å². The Hall–Kier alpha value is -1.13. The third kappa shape index (κ3) is 3.67. The molecule has 0 atom stereocenters. The molecule has 4 heteroatoms. The van der Waals surface area contributed by atoms with Gasteiger partial charge in [0.05, 0.1) is 0 Å². The molecule has 2 aromatic heterocycles. The van der Waals surface area contributed by atoms with Crippen LogP contribution in [0.2, 0.25) is 0 Å². The maximum absolute atomic E-state index is 4.38. The van der Waals surface area contributed by atoms with Crippen molar-refractivity contribution in [3.8, 4) is 0 Å². The Balaban J connectivity index is 2.04. The highest BCUT2D eigenvalue weighted by Crippen LogP contribution is 2.22. The molecule has 2 rings (SSSR count). The van der Waals surface area contributed by atoms with Gasteiger partial charge in [-0.15, -0.1) is 11.3 Å². The van der Waals surface area contributed by atoms with E-state index in [9.17, 15) is 0 Å². The van der Waals surface area contributed by atoms with E-state index < -0.39 is 0 Å². The van der Waals surface area contributed by atoms with Crippen molar-refractivity contribution >= 4 is 11.3 Å². The van der Waals surface area contributed by atoms with Gasteiger partial charge in [0, 0.05) is 41.7 Å². The van der Waals surface area contributed by atoms with Gasteiger partial charge in [-0.3, -0.25) is 0 Å². The van der Waals surface area contributed by atoms with E-state index >= 15 is 0 Å². The van der Waals surface area contributed by atoms with Gasteiger partial charge in [0.2, 0.25) is 0 Å². The average Bonchev–Trinajstić information content (AvgIpc) is 2.98. The minimum atomic E-state index is 0.944. The molecule has 2 aromatic rings. The van der Waals surface area contributed by atoms with E-state index in [2.05, 4.69) is 47.9 Å². The Morgan fingerprint density at radius 1 is 1.37 bits per heavy atom. The number of hydrogen-bond acceptors (Lipinski definition) is 3. The molecule has 0 saturated carbocycles. The van der Waals surface area contributed by atoms with Gasteiger partial charge in [0.25, 0.3) is 0 Å². The largest absolute Gasteiger partial charge is 0.330 e. The van der Waals surface area contributed by atoms with Crippen LogP contribution in [0.15, 0.2) is 18.5 Å². The van der Waals surface area contributed by atoms with E-state index in [1.807, 2.05) is 17.5 Å². The van der Waals surface area contributed by atoms with Crippen molar-refractivity contribution < 1.29 is 0 Å². The Morgan fingerprint density at radius 2 is 2.21 bits per heavy atom. The number of rotatable bonds is 7. The topological polar surface area (TPSA) is 29.9 Å². The molecule has 0 aromatic carbocycles. The summed E-state index contributed by atoms with van der Waals surface area (Å²) in [5, 5.41) is 3.46. The van der Waals surface area contributed by atoms with E-state index in [0.29, 0.717) is 0 Å². The fourth-order valence-electron chi connectivity index (χ4n) is 2.20. The van der Waals surface area contributed by atoms with Crippen molar-refractivity contribution in [3.05, 3.63) is 39.6 Å². The number of thiophene rings is 1. The molecular formula is C15H23N3S. The van der Waals surface area contributed by atoms with Crippen molar-refractivity contribution in [2.24, 2.45) is 0 Å². The van der Waals surface area contributed by atoms with Gasteiger partial charge in [0.15, 0.2) is 0 Å². The lowest BCUT2D eigenvalue weighted by Crippen LogP contribution is -2.12. The Kier molecular flexibility index (Phi) is 5.16. The Morgan fingerprint density at radius 3 is 2.95 bits per heavy atom. The zero-order chi connectivity index (χ0) is 13.7. The molecule has 3 nitrogen and oxygen atoms in total. The molecule has 0 aliphatic carbocycles. The van der Waals surface area contributed by atoms with Crippen LogP contribution in [0.4, 0.5) is 0 Å². The molecule has 0 spiro atoms. The summed E-state index contributed by atoms with van der Waals surface area (Å²) in [4.78, 5) is 7.23. The van der Waals surface area contributed by atoms with Crippen molar-refractivity contribution in [1.29, 1.82) is 0 Å².